The smallest absolute Gasteiger partial charge is 0.314 e. The van der Waals surface area contributed by atoms with E-state index in [2.05, 4.69) is 4.98 Å². The average molecular weight is 319 g/mol. The zero-order valence-corrected chi connectivity index (χ0v) is 13.3. The Morgan fingerprint density at radius 1 is 1.12 bits per heavy atom. The first kappa shape index (κ1) is 14.7. The van der Waals surface area contributed by atoms with E-state index in [9.17, 15) is 9.90 Å². The van der Waals surface area contributed by atoms with E-state index in [0.717, 1.165) is 46.2 Å². The highest BCUT2D eigenvalue weighted by Crippen LogP contribution is 2.48. The molecule has 0 atom stereocenters. The fourth-order valence-electron chi connectivity index (χ4n) is 3.28. The molecule has 1 fully saturated rings. The predicted octanol–water partition coefficient (Wildman–Crippen LogP) is 4.03. The van der Waals surface area contributed by atoms with Crippen molar-refractivity contribution in [2.45, 2.75) is 18.3 Å². The average Bonchev–Trinajstić information content (AvgIpc) is 3.43. The second kappa shape index (κ2) is 5.34. The van der Waals surface area contributed by atoms with Crippen LogP contribution in [0.1, 0.15) is 18.4 Å². The van der Waals surface area contributed by atoms with Crippen LogP contribution in [-0.4, -0.2) is 23.2 Å². The Morgan fingerprint density at radius 3 is 2.50 bits per heavy atom. The minimum Gasteiger partial charge on any atom is -0.494 e. The van der Waals surface area contributed by atoms with Gasteiger partial charge in [-0.05, 0) is 47.7 Å². The summed E-state index contributed by atoms with van der Waals surface area (Å²) in [5.74, 6) is 0.0168. The van der Waals surface area contributed by atoms with Crippen molar-refractivity contribution in [2.75, 3.05) is 7.11 Å². The van der Waals surface area contributed by atoms with Gasteiger partial charge in [-0.15, -0.1) is 0 Å². The SMILES string of the molecule is COc1ccc(-c2ccc(C3(C(=O)O)CC3)cc2)c2cccnc12. The predicted molar refractivity (Wildman–Crippen MR) is 92.3 cm³/mol. The normalized spacial score (nSPS) is 15.2. The van der Waals surface area contributed by atoms with E-state index in [1.165, 1.54) is 0 Å². The van der Waals surface area contributed by atoms with Crippen LogP contribution in [0.4, 0.5) is 0 Å². The van der Waals surface area contributed by atoms with Crippen molar-refractivity contribution < 1.29 is 14.6 Å². The van der Waals surface area contributed by atoms with Gasteiger partial charge in [-0.2, -0.15) is 0 Å². The van der Waals surface area contributed by atoms with E-state index in [1.807, 2.05) is 48.5 Å². The van der Waals surface area contributed by atoms with Crippen LogP contribution in [0.25, 0.3) is 22.0 Å². The largest absolute Gasteiger partial charge is 0.494 e. The third-order valence-electron chi connectivity index (χ3n) is 4.86. The van der Waals surface area contributed by atoms with Gasteiger partial charge in [-0.25, -0.2) is 0 Å². The molecule has 3 aromatic rings. The van der Waals surface area contributed by atoms with Gasteiger partial charge in [0.1, 0.15) is 11.3 Å². The van der Waals surface area contributed by atoms with Crippen LogP contribution in [0, 0.1) is 0 Å². The maximum absolute atomic E-state index is 11.5. The van der Waals surface area contributed by atoms with E-state index < -0.39 is 11.4 Å². The van der Waals surface area contributed by atoms with E-state index in [-0.39, 0.29) is 0 Å². The quantitative estimate of drug-likeness (QED) is 0.789. The molecule has 0 amide bonds. The van der Waals surface area contributed by atoms with Gasteiger partial charge < -0.3 is 9.84 Å². The number of aliphatic carboxylic acids is 1. The van der Waals surface area contributed by atoms with Crippen LogP contribution in [-0.2, 0) is 10.2 Å². The summed E-state index contributed by atoms with van der Waals surface area (Å²) in [7, 11) is 1.64. The Balaban J connectivity index is 1.80. The molecule has 0 saturated heterocycles. The number of carboxylic acid groups (broad SMARTS) is 1. The molecule has 4 heteroatoms. The van der Waals surface area contributed by atoms with Crippen molar-refractivity contribution in [1.29, 1.82) is 0 Å². The molecule has 1 aromatic heterocycles. The van der Waals surface area contributed by atoms with Crippen molar-refractivity contribution in [3.63, 3.8) is 0 Å². The van der Waals surface area contributed by atoms with Gasteiger partial charge in [0.05, 0.1) is 12.5 Å². The highest BCUT2D eigenvalue weighted by molar-refractivity contribution is 5.98. The summed E-state index contributed by atoms with van der Waals surface area (Å²) in [6.07, 6.45) is 3.19. The number of fused-ring (bicyclic) bond motifs is 1. The van der Waals surface area contributed by atoms with Crippen molar-refractivity contribution in [3.8, 4) is 16.9 Å². The minimum atomic E-state index is -0.727. The van der Waals surface area contributed by atoms with E-state index in [0.29, 0.717) is 0 Å². The minimum absolute atomic E-state index is 0.665. The zero-order valence-electron chi connectivity index (χ0n) is 13.3. The summed E-state index contributed by atoms with van der Waals surface area (Å²) >= 11 is 0. The number of hydrogen-bond acceptors (Lipinski definition) is 3. The molecule has 120 valence electrons. The highest BCUT2D eigenvalue weighted by Gasteiger charge is 2.51. The first-order valence-corrected chi connectivity index (χ1v) is 7.92. The third kappa shape index (κ3) is 2.14. The van der Waals surface area contributed by atoms with Gasteiger partial charge in [0, 0.05) is 11.6 Å². The van der Waals surface area contributed by atoms with Crippen LogP contribution < -0.4 is 4.74 Å². The fourth-order valence-corrected chi connectivity index (χ4v) is 3.28. The van der Waals surface area contributed by atoms with Gasteiger partial charge in [0.15, 0.2) is 0 Å². The molecular formula is C20H17NO3. The summed E-state index contributed by atoms with van der Waals surface area (Å²) in [5, 5.41) is 10.4. The van der Waals surface area contributed by atoms with Crippen LogP contribution in [0.5, 0.6) is 5.75 Å². The summed E-state index contributed by atoms with van der Waals surface area (Å²) < 4.78 is 5.39. The van der Waals surface area contributed by atoms with Crippen molar-refractivity contribution in [1.82, 2.24) is 4.98 Å². The molecule has 4 rings (SSSR count). The summed E-state index contributed by atoms with van der Waals surface area (Å²) in [4.78, 5) is 15.9. The second-order valence-electron chi connectivity index (χ2n) is 6.18. The van der Waals surface area contributed by atoms with Gasteiger partial charge in [-0.1, -0.05) is 30.3 Å². The number of nitrogens with zero attached hydrogens (tertiary/aromatic N) is 1. The number of pyridine rings is 1. The molecule has 0 spiro atoms. The zero-order chi connectivity index (χ0) is 16.7. The standard InChI is InChI=1S/C20H17NO3/c1-24-17-9-8-15(16-3-2-12-21-18(16)17)13-4-6-14(7-5-13)20(10-11-20)19(22)23/h2-9,12H,10-11H2,1H3,(H,22,23). The molecule has 0 bridgehead atoms. The van der Waals surface area contributed by atoms with Gasteiger partial charge >= 0.3 is 5.97 Å². The molecule has 1 saturated carbocycles. The summed E-state index contributed by atoms with van der Waals surface area (Å²) in [5.41, 5.74) is 3.15. The number of carboxylic acids is 1. The van der Waals surface area contributed by atoms with Crippen molar-refractivity contribution in [3.05, 3.63) is 60.3 Å². The number of ether oxygens (including phenoxy) is 1. The Labute approximate surface area is 139 Å². The lowest BCUT2D eigenvalue weighted by molar-refractivity contribution is -0.140. The highest BCUT2D eigenvalue weighted by atomic mass is 16.5. The van der Waals surface area contributed by atoms with Crippen molar-refractivity contribution in [2.24, 2.45) is 0 Å². The Hall–Kier alpha value is -2.88. The number of rotatable bonds is 4. The van der Waals surface area contributed by atoms with Crippen LogP contribution in [0.2, 0.25) is 0 Å². The Bertz CT molecular complexity index is 927. The van der Waals surface area contributed by atoms with Gasteiger partial charge in [0.25, 0.3) is 0 Å². The molecule has 0 radical (unpaired) electrons. The fraction of sp³-hybridized carbons (Fsp3) is 0.200. The number of hydrogen-bond donors (Lipinski definition) is 1. The molecule has 4 nitrogen and oxygen atoms in total. The monoisotopic (exact) mass is 319 g/mol. The maximum atomic E-state index is 11.5. The topological polar surface area (TPSA) is 59.4 Å². The number of carbonyl (C=O) groups is 1. The molecule has 0 aliphatic heterocycles. The molecule has 24 heavy (non-hydrogen) atoms. The van der Waals surface area contributed by atoms with Crippen LogP contribution in [0.3, 0.4) is 0 Å². The Morgan fingerprint density at radius 2 is 1.88 bits per heavy atom. The molecule has 1 aliphatic rings. The van der Waals surface area contributed by atoms with Gasteiger partial charge in [-0.3, -0.25) is 9.78 Å². The van der Waals surface area contributed by atoms with Crippen molar-refractivity contribution >= 4 is 16.9 Å². The molecule has 0 unspecified atom stereocenters. The van der Waals surface area contributed by atoms with Crippen LogP contribution in [0.15, 0.2) is 54.7 Å². The summed E-state index contributed by atoms with van der Waals surface area (Å²) in [6.45, 7) is 0. The van der Waals surface area contributed by atoms with E-state index in [1.54, 1.807) is 13.3 Å². The molecule has 1 aliphatic carbocycles. The van der Waals surface area contributed by atoms with E-state index >= 15 is 0 Å². The molecule has 1 N–H and O–H groups in total. The first-order chi connectivity index (χ1) is 11.7. The Kier molecular flexibility index (Phi) is 3.27. The first-order valence-electron chi connectivity index (χ1n) is 7.92. The number of aromatic nitrogens is 1. The molecule has 1 heterocycles. The van der Waals surface area contributed by atoms with Crippen LogP contribution >= 0.6 is 0 Å². The molecular weight excluding hydrogens is 302 g/mol. The number of benzene rings is 2. The third-order valence-corrected chi connectivity index (χ3v) is 4.86. The lowest BCUT2D eigenvalue weighted by Crippen LogP contribution is -2.19. The second-order valence-corrected chi connectivity index (χ2v) is 6.18. The maximum Gasteiger partial charge on any atom is 0.314 e. The van der Waals surface area contributed by atoms with E-state index in [4.69, 9.17) is 4.74 Å². The summed E-state index contributed by atoms with van der Waals surface area (Å²) in [6, 6.07) is 15.7. The van der Waals surface area contributed by atoms with Gasteiger partial charge in [0.2, 0.25) is 0 Å². The number of methoxy groups -OCH3 is 1. The lowest BCUT2D eigenvalue weighted by Gasteiger charge is -2.13. The molecule has 2 aromatic carbocycles. The lowest BCUT2D eigenvalue weighted by atomic mass is 9.93.